The molecule has 20 heavy (non-hydrogen) atoms. The van der Waals surface area contributed by atoms with Gasteiger partial charge in [0.15, 0.2) is 0 Å². The van der Waals surface area contributed by atoms with Crippen molar-refractivity contribution in [3.05, 3.63) is 46.1 Å². The molecule has 0 atom stereocenters. The molecule has 5 nitrogen and oxygen atoms in total. The van der Waals surface area contributed by atoms with Gasteiger partial charge in [0.05, 0.1) is 13.3 Å². The molecular formula is C13H10Cl2N2O3. The Morgan fingerprint density at radius 1 is 1.30 bits per heavy atom. The first-order valence-electron chi connectivity index (χ1n) is 5.52. The summed E-state index contributed by atoms with van der Waals surface area (Å²) in [5.41, 5.74) is 2.91. The summed E-state index contributed by atoms with van der Waals surface area (Å²) in [5, 5.41) is 4.70. The molecular weight excluding hydrogens is 303 g/mol. The monoisotopic (exact) mass is 312 g/mol. The molecule has 1 aromatic carbocycles. The van der Waals surface area contributed by atoms with Crippen LogP contribution in [0.3, 0.4) is 0 Å². The quantitative estimate of drug-likeness (QED) is 0.689. The molecule has 1 amide bonds. The molecule has 2 aromatic rings. The number of nitrogens with zero attached hydrogens (tertiary/aromatic N) is 1. The minimum Gasteiger partial charge on any atom is -0.455 e. The van der Waals surface area contributed by atoms with Crippen LogP contribution in [0.25, 0.3) is 11.3 Å². The summed E-state index contributed by atoms with van der Waals surface area (Å²) >= 11 is 11.9. The van der Waals surface area contributed by atoms with Crippen molar-refractivity contribution in [3.63, 3.8) is 0 Å². The zero-order chi connectivity index (χ0) is 14.5. The topological polar surface area (TPSA) is 63.8 Å². The minimum atomic E-state index is -0.658. The first-order valence-corrected chi connectivity index (χ1v) is 6.27. The van der Waals surface area contributed by atoms with Crippen LogP contribution in [-0.4, -0.2) is 19.4 Å². The molecule has 1 aromatic heterocycles. The molecule has 0 aliphatic rings. The van der Waals surface area contributed by atoms with E-state index in [0.717, 1.165) is 5.56 Å². The number of hydrazone groups is 1. The predicted molar refractivity (Wildman–Crippen MR) is 77.3 cm³/mol. The third-order valence-corrected chi connectivity index (χ3v) is 2.74. The van der Waals surface area contributed by atoms with Crippen LogP contribution in [0.1, 0.15) is 5.76 Å². The Balaban J connectivity index is 2.14. The number of carbonyl (C=O) groups is 1. The molecule has 1 N–H and O–H groups in total. The number of carbonyl (C=O) groups excluding carboxylic acids is 1. The van der Waals surface area contributed by atoms with Gasteiger partial charge < -0.3 is 9.15 Å². The zero-order valence-electron chi connectivity index (χ0n) is 10.4. The van der Waals surface area contributed by atoms with Gasteiger partial charge in [-0.25, -0.2) is 10.2 Å². The Morgan fingerprint density at radius 3 is 2.65 bits per heavy atom. The highest BCUT2D eigenvalue weighted by atomic mass is 35.5. The van der Waals surface area contributed by atoms with Crippen molar-refractivity contribution in [3.8, 4) is 11.3 Å². The summed E-state index contributed by atoms with van der Waals surface area (Å²) in [7, 11) is 1.25. The van der Waals surface area contributed by atoms with E-state index >= 15 is 0 Å². The standard InChI is InChI=1S/C13H10Cl2N2O3/c1-19-13(18)17-16-7-11-2-3-12(20-11)8-4-9(14)6-10(15)5-8/h2-7H,1H3,(H,17,18). The molecule has 0 fully saturated rings. The fourth-order valence-electron chi connectivity index (χ4n) is 1.47. The summed E-state index contributed by atoms with van der Waals surface area (Å²) in [6.07, 6.45) is 0.696. The van der Waals surface area contributed by atoms with Gasteiger partial charge >= 0.3 is 6.09 Å². The summed E-state index contributed by atoms with van der Waals surface area (Å²) in [4.78, 5) is 10.8. The molecule has 1 heterocycles. The maximum absolute atomic E-state index is 10.8. The van der Waals surface area contributed by atoms with E-state index in [1.807, 2.05) is 0 Å². The lowest BCUT2D eigenvalue weighted by molar-refractivity contribution is 0.171. The van der Waals surface area contributed by atoms with Crippen molar-refractivity contribution in [2.75, 3.05) is 7.11 Å². The number of rotatable bonds is 3. The third kappa shape index (κ3) is 3.76. The highest BCUT2D eigenvalue weighted by molar-refractivity contribution is 6.35. The number of nitrogens with one attached hydrogen (secondary N) is 1. The second-order valence-electron chi connectivity index (χ2n) is 3.72. The highest BCUT2D eigenvalue weighted by Crippen LogP contribution is 2.28. The molecule has 0 unspecified atom stereocenters. The molecule has 0 radical (unpaired) electrons. The van der Waals surface area contributed by atoms with Crippen LogP contribution in [0.2, 0.25) is 10.0 Å². The van der Waals surface area contributed by atoms with Crippen molar-refractivity contribution in [2.45, 2.75) is 0 Å². The Morgan fingerprint density at radius 2 is 2.00 bits per heavy atom. The van der Waals surface area contributed by atoms with Crippen LogP contribution in [0.5, 0.6) is 0 Å². The number of hydrogen-bond acceptors (Lipinski definition) is 4. The number of benzene rings is 1. The average Bonchev–Trinajstić information content (AvgIpc) is 2.86. The number of furan rings is 1. The van der Waals surface area contributed by atoms with Crippen LogP contribution in [0.4, 0.5) is 4.79 Å². The van der Waals surface area contributed by atoms with E-state index in [2.05, 4.69) is 15.3 Å². The van der Waals surface area contributed by atoms with E-state index in [1.165, 1.54) is 13.3 Å². The van der Waals surface area contributed by atoms with Gasteiger partial charge in [0, 0.05) is 15.6 Å². The lowest BCUT2D eigenvalue weighted by Crippen LogP contribution is -2.16. The summed E-state index contributed by atoms with van der Waals surface area (Å²) in [5.74, 6) is 1.06. The van der Waals surface area contributed by atoms with Crippen molar-refractivity contribution in [2.24, 2.45) is 5.10 Å². The van der Waals surface area contributed by atoms with Crippen LogP contribution in [-0.2, 0) is 4.74 Å². The summed E-state index contributed by atoms with van der Waals surface area (Å²) in [6.45, 7) is 0. The minimum absolute atomic E-state index is 0.465. The number of ether oxygens (including phenoxy) is 1. The van der Waals surface area contributed by atoms with Crippen molar-refractivity contribution in [1.29, 1.82) is 0 Å². The van der Waals surface area contributed by atoms with Crippen LogP contribution in [0, 0.1) is 0 Å². The first kappa shape index (κ1) is 14.4. The van der Waals surface area contributed by atoms with E-state index in [-0.39, 0.29) is 0 Å². The van der Waals surface area contributed by atoms with Crippen LogP contribution >= 0.6 is 23.2 Å². The second kappa shape index (κ2) is 6.45. The van der Waals surface area contributed by atoms with Gasteiger partial charge in [0.1, 0.15) is 11.5 Å². The van der Waals surface area contributed by atoms with Gasteiger partial charge in [-0.1, -0.05) is 23.2 Å². The van der Waals surface area contributed by atoms with Crippen LogP contribution < -0.4 is 5.43 Å². The van der Waals surface area contributed by atoms with Gasteiger partial charge in [-0.2, -0.15) is 5.10 Å². The maximum Gasteiger partial charge on any atom is 0.427 e. The van der Waals surface area contributed by atoms with Crippen molar-refractivity contribution >= 4 is 35.5 Å². The normalized spacial score (nSPS) is 10.8. The average molecular weight is 313 g/mol. The number of halogens is 2. The Hall–Kier alpha value is -1.98. The maximum atomic E-state index is 10.8. The third-order valence-electron chi connectivity index (χ3n) is 2.31. The van der Waals surface area contributed by atoms with Crippen LogP contribution in [0.15, 0.2) is 39.9 Å². The molecule has 0 spiro atoms. The molecule has 0 aliphatic heterocycles. The van der Waals surface area contributed by atoms with E-state index < -0.39 is 6.09 Å². The number of methoxy groups -OCH3 is 1. The molecule has 7 heteroatoms. The highest BCUT2D eigenvalue weighted by Gasteiger charge is 2.06. The summed E-state index contributed by atoms with van der Waals surface area (Å²) in [6, 6.07) is 8.56. The van der Waals surface area contributed by atoms with E-state index in [9.17, 15) is 4.79 Å². The lowest BCUT2D eigenvalue weighted by Gasteiger charge is -1.99. The molecule has 2 rings (SSSR count). The number of amides is 1. The summed E-state index contributed by atoms with van der Waals surface area (Å²) < 4.78 is 9.90. The van der Waals surface area contributed by atoms with Gasteiger partial charge in [0.2, 0.25) is 0 Å². The van der Waals surface area contributed by atoms with E-state index in [0.29, 0.717) is 21.6 Å². The van der Waals surface area contributed by atoms with Gasteiger partial charge in [0.25, 0.3) is 0 Å². The molecule has 0 saturated heterocycles. The Labute approximate surface area is 125 Å². The van der Waals surface area contributed by atoms with Gasteiger partial charge in [-0.3, -0.25) is 0 Å². The zero-order valence-corrected chi connectivity index (χ0v) is 11.9. The molecule has 0 saturated carbocycles. The van der Waals surface area contributed by atoms with Crippen molar-refractivity contribution < 1.29 is 13.9 Å². The van der Waals surface area contributed by atoms with Gasteiger partial charge in [-0.05, 0) is 30.3 Å². The Kier molecular flexibility index (Phi) is 4.65. The largest absolute Gasteiger partial charge is 0.455 e. The first-order chi connectivity index (χ1) is 9.58. The van der Waals surface area contributed by atoms with E-state index in [1.54, 1.807) is 30.3 Å². The van der Waals surface area contributed by atoms with E-state index in [4.69, 9.17) is 27.6 Å². The predicted octanol–water partition coefficient (Wildman–Crippen LogP) is 3.94. The lowest BCUT2D eigenvalue weighted by atomic mass is 10.2. The SMILES string of the molecule is COC(=O)NN=Cc1ccc(-c2cc(Cl)cc(Cl)c2)o1. The van der Waals surface area contributed by atoms with Gasteiger partial charge in [-0.15, -0.1) is 0 Å². The fraction of sp³-hybridized carbons (Fsp3) is 0.0769. The molecule has 104 valence electrons. The Bertz CT molecular complexity index is 633. The number of hydrogen-bond donors (Lipinski definition) is 1. The molecule has 0 aliphatic carbocycles. The van der Waals surface area contributed by atoms with Crippen molar-refractivity contribution in [1.82, 2.24) is 5.43 Å². The fourth-order valence-corrected chi connectivity index (χ4v) is 1.99. The second-order valence-corrected chi connectivity index (χ2v) is 4.59. The molecule has 0 bridgehead atoms. The smallest absolute Gasteiger partial charge is 0.427 e.